The number of hydrogen-bond acceptors (Lipinski definition) is 3. The number of nitrogen functional groups attached to an aromatic ring is 1. The molecule has 2 N–H and O–H groups in total. The summed E-state index contributed by atoms with van der Waals surface area (Å²) in [6.45, 7) is 2.08. The Balaban J connectivity index is 1.83. The van der Waals surface area contributed by atoms with Gasteiger partial charge in [-0.05, 0) is 69.8 Å². The van der Waals surface area contributed by atoms with Crippen molar-refractivity contribution < 1.29 is 4.74 Å². The van der Waals surface area contributed by atoms with Gasteiger partial charge in [0.15, 0.2) is 0 Å². The Labute approximate surface area is 115 Å². The summed E-state index contributed by atoms with van der Waals surface area (Å²) in [5, 5.41) is 0. The number of aryl methyl sites for hydroxylation is 1. The Morgan fingerprint density at radius 3 is 2.68 bits per heavy atom. The molecule has 3 rings (SSSR count). The minimum atomic E-state index is 0.304. The zero-order valence-corrected chi connectivity index (χ0v) is 12.1. The first kappa shape index (κ1) is 12.8. The number of ether oxygens (including phenoxy) is 1. The fraction of sp³-hybridized carbons (Fsp3) is 0.625. The molecule has 2 aliphatic carbocycles. The highest BCUT2D eigenvalue weighted by molar-refractivity contribution is 5.54. The van der Waals surface area contributed by atoms with E-state index in [4.69, 9.17) is 10.5 Å². The van der Waals surface area contributed by atoms with Gasteiger partial charge < -0.3 is 15.4 Å². The monoisotopic (exact) mass is 260 g/mol. The topological polar surface area (TPSA) is 38.5 Å². The normalized spacial score (nSPS) is 33.1. The molecule has 4 atom stereocenters. The summed E-state index contributed by atoms with van der Waals surface area (Å²) in [6.07, 6.45) is 4.29. The molecule has 0 amide bonds. The van der Waals surface area contributed by atoms with Crippen LogP contribution in [0.5, 0.6) is 5.75 Å². The minimum Gasteiger partial charge on any atom is -0.486 e. The molecular formula is C16H24N2O. The molecule has 0 heterocycles. The maximum Gasteiger partial charge on any atom is 0.142 e. The molecule has 0 radical (unpaired) electrons. The number of nitrogens with zero attached hydrogens (tertiary/aromatic N) is 1. The molecule has 1 aromatic rings. The van der Waals surface area contributed by atoms with Gasteiger partial charge in [-0.3, -0.25) is 0 Å². The third kappa shape index (κ3) is 2.20. The smallest absolute Gasteiger partial charge is 0.142 e. The Kier molecular flexibility index (Phi) is 3.17. The number of nitrogens with two attached hydrogens (primary N) is 1. The van der Waals surface area contributed by atoms with Crippen molar-refractivity contribution in [1.82, 2.24) is 4.90 Å². The van der Waals surface area contributed by atoms with Gasteiger partial charge in [0.05, 0.1) is 5.69 Å². The average Bonchev–Trinajstić information content (AvgIpc) is 2.94. The van der Waals surface area contributed by atoms with Crippen LogP contribution in [0, 0.1) is 18.8 Å². The second kappa shape index (κ2) is 4.71. The predicted octanol–water partition coefficient (Wildman–Crippen LogP) is 2.68. The van der Waals surface area contributed by atoms with Gasteiger partial charge >= 0.3 is 0 Å². The van der Waals surface area contributed by atoms with Gasteiger partial charge in [0.1, 0.15) is 11.9 Å². The summed E-state index contributed by atoms with van der Waals surface area (Å²) >= 11 is 0. The van der Waals surface area contributed by atoms with Gasteiger partial charge in [-0.1, -0.05) is 6.07 Å². The van der Waals surface area contributed by atoms with E-state index in [2.05, 4.69) is 32.0 Å². The lowest BCUT2D eigenvalue weighted by Crippen LogP contribution is -2.46. The second-order valence-corrected chi connectivity index (χ2v) is 6.41. The molecule has 3 nitrogen and oxygen atoms in total. The van der Waals surface area contributed by atoms with Crippen molar-refractivity contribution in [1.29, 1.82) is 0 Å². The number of rotatable bonds is 3. The summed E-state index contributed by atoms with van der Waals surface area (Å²) in [5.74, 6) is 2.37. The fourth-order valence-electron chi connectivity index (χ4n) is 3.98. The van der Waals surface area contributed by atoms with Crippen molar-refractivity contribution in [3.05, 3.63) is 23.8 Å². The first-order valence-corrected chi connectivity index (χ1v) is 7.25. The van der Waals surface area contributed by atoms with Crippen molar-refractivity contribution in [3.63, 3.8) is 0 Å². The lowest BCUT2D eigenvalue weighted by atomic mass is 9.91. The third-order valence-corrected chi connectivity index (χ3v) is 4.83. The average molecular weight is 260 g/mol. The Bertz CT molecular complexity index is 472. The zero-order chi connectivity index (χ0) is 13.6. The van der Waals surface area contributed by atoms with Crippen molar-refractivity contribution in [2.75, 3.05) is 19.8 Å². The van der Waals surface area contributed by atoms with Gasteiger partial charge in [-0.25, -0.2) is 0 Å². The zero-order valence-electron chi connectivity index (χ0n) is 12.1. The lowest BCUT2D eigenvalue weighted by molar-refractivity contribution is 0.0543. The molecule has 4 unspecified atom stereocenters. The summed E-state index contributed by atoms with van der Waals surface area (Å²) in [4.78, 5) is 2.33. The van der Waals surface area contributed by atoms with Gasteiger partial charge in [-0.15, -0.1) is 0 Å². The maximum atomic E-state index is 6.33. The second-order valence-electron chi connectivity index (χ2n) is 6.41. The van der Waals surface area contributed by atoms with Crippen LogP contribution in [0.2, 0.25) is 0 Å². The van der Waals surface area contributed by atoms with Crippen LogP contribution in [0.3, 0.4) is 0 Å². The van der Waals surface area contributed by atoms with Crippen LogP contribution in [-0.2, 0) is 0 Å². The molecule has 3 heteroatoms. The number of hydrogen-bond donors (Lipinski definition) is 1. The van der Waals surface area contributed by atoms with Crippen LogP contribution in [0.15, 0.2) is 18.2 Å². The van der Waals surface area contributed by atoms with Gasteiger partial charge in [-0.2, -0.15) is 0 Å². The van der Waals surface area contributed by atoms with Crippen LogP contribution >= 0.6 is 0 Å². The standard InChI is InChI=1S/C16H24N2O/c1-10-4-7-13(17)14(8-10)19-16-12-6-5-11(9-12)15(16)18(2)3/h4,7-8,11-12,15-16H,5-6,9,17H2,1-3H3. The van der Waals surface area contributed by atoms with Crippen LogP contribution in [0.1, 0.15) is 24.8 Å². The van der Waals surface area contributed by atoms with Crippen LogP contribution in [0.25, 0.3) is 0 Å². The summed E-state index contributed by atoms with van der Waals surface area (Å²) in [5.41, 5.74) is 8.01. The summed E-state index contributed by atoms with van der Waals surface area (Å²) in [6, 6.07) is 6.59. The number of likely N-dealkylation sites (N-methyl/N-ethyl adjacent to an activating group) is 1. The lowest BCUT2D eigenvalue weighted by Gasteiger charge is -2.36. The number of fused-ring (bicyclic) bond motifs is 2. The van der Waals surface area contributed by atoms with E-state index in [-0.39, 0.29) is 0 Å². The van der Waals surface area contributed by atoms with E-state index < -0.39 is 0 Å². The highest BCUT2D eigenvalue weighted by Gasteiger charge is 2.50. The molecular weight excluding hydrogens is 236 g/mol. The molecule has 0 spiro atoms. The van der Waals surface area contributed by atoms with Gasteiger partial charge in [0.25, 0.3) is 0 Å². The highest BCUT2D eigenvalue weighted by Crippen LogP contribution is 2.48. The van der Waals surface area contributed by atoms with E-state index in [1.165, 1.54) is 24.8 Å². The number of benzene rings is 1. The van der Waals surface area contributed by atoms with E-state index in [0.29, 0.717) is 18.1 Å². The van der Waals surface area contributed by atoms with Crippen molar-refractivity contribution >= 4 is 5.69 Å². The summed E-state index contributed by atoms with van der Waals surface area (Å²) in [7, 11) is 4.34. The molecule has 1 aromatic carbocycles. The molecule has 2 aliphatic rings. The van der Waals surface area contributed by atoms with Crippen molar-refractivity contribution in [3.8, 4) is 5.75 Å². The molecule has 0 aliphatic heterocycles. The molecule has 2 bridgehead atoms. The first-order valence-electron chi connectivity index (χ1n) is 7.25. The molecule has 104 valence electrons. The molecule has 2 fully saturated rings. The predicted molar refractivity (Wildman–Crippen MR) is 78.3 cm³/mol. The molecule has 19 heavy (non-hydrogen) atoms. The van der Waals surface area contributed by atoms with Crippen molar-refractivity contribution in [2.24, 2.45) is 11.8 Å². The Morgan fingerprint density at radius 1 is 1.21 bits per heavy atom. The van der Waals surface area contributed by atoms with E-state index >= 15 is 0 Å². The van der Waals surface area contributed by atoms with E-state index in [0.717, 1.165) is 17.4 Å². The maximum absolute atomic E-state index is 6.33. The Hall–Kier alpha value is -1.22. The minimum absolute atomic E-state index is 0.304. The summed E-state index contributed by atoms with van der Waals surface area (Å²) < 4.78 is 6.33. The third-order valence-electron chi connectivity index (χ3n) is 4.83. The fourth-order valence-corrected chi connectivity index (χ4v) is 3.98. The highest BCUT2D eigenvalue weighted by atomic mass is 16.5. The van der Waals surface area contributed by atoms with E-state index in [9.17, 15) is 0 Å². The first-order chi connectivity index (χ1) is 9.06. The van der Waals surface area contributed by atoms with Crippen molar-refractivity contribution in [2.45, 2.75) is 38.3 Å². The van der Waals surface area contributed by atoms with Crippen LogP contribution < -0.4 is 10.5 Å². The van der Waals surface area contributed by atoms with E-state index in [1.54, 1.807) is 0 Å². The molecule has 0 aromatic heterocycles. The van der Waals surface area contributed by atoms with Gasteiger partial charge in [0, 0.05) is 6.04 Å². The largest absolute Gasteiger partial charge is 0.486 e. The number of anilines is 1. The van der Waals surface area contributed by atoms with E-state index in [1.807, 2.05) is 12.1 Å². The SMILES string of the molecule is Cc1ccc(N)c(OC2C3CCC(C3)C2N(C)C)c1. The van der Waals surface area contributed by atoms with Gasteiger partial charge in [0.2, 0.25) is 0 Å². The van der Waals surface area contributed by atoms with Crippen LogP contribution in [-0.4, -0.2) is 31.1 Å². The Morgan fingerprint density at radius 2 is 1.95 bits per heavy atom. The molecule has 0 saturated heterocycles. The molecule has 2 saturated carbocycles. The quantitative estimate of drug-likeness (QED) is 0.849. The van der Waals surface area contributed by atoms with Crippen LogP contribution in [0.4, 0.5) is 5.69 Å².